The lowest BCUT2D eigenvalue weighted by atomic mass is 9.86. The summed E-state index contributed by atoms with van der Waals surface area (Å²) in [5.74, 6) is -1.96. The van der Waals surface area contributed by atoms with Crippen molar-refractivity contribution in [2.75, 3.05) is 32.3 Å². The summed E-state index contributed by atoms with van der Waals surface area (Å²) in [5.41, 5.74) is 4.57. The molecule has 7 nitrogen and oxygen atoms in total. The van der Waals surface area contributed by atoms with Crippen LogP contribution in [0.5, 0.6) is 0 Å². The van der Waals surface area contributed by atoms with Gasteiger partial charge in [0.2, 0.25) is 0 Å². The fourth-order valence-electron chi connectivity index (χ4n) is 6.77. The van der Waals surface area contributed by atoms with Crippen LogP contribution in [0.25, 0.3) is 11.1 Å². The first kappa shape index (κ1) is 37.0. The molecule has 1 aliphatic heterocycles. The molecular formula is C39H48F2N2O5S. The van der Waals surface area contributed by atoms with E-state index in [2.05, 4.69) is 24.1 Å². The van der Waals surface area contributed by atoms with Gasteiger partial charge in [-0.05, 0) is 90.3 Å². The topological polar surface area (TPSA) is 77.1 Å². The summed E-state index contributed by atoms with van der Waals surface area (Å²) in [4.78, 5) is 28.6. The van der Waals surface area contributed by atoms with Crippen LogP contribution in [0.4, 0.5) is 8.78 Å². The zero-order valence-corrected chi connectivity index (χ0v) is 30.0. The Bertz CT molecular complexity index is 1590. The maximum Gasteiger partial charge on any atom is 0.328 e. The zero-order chi connectivity index (χ0) is 35.2. The number of thioether (sulfide) groups is 1. The van der Waals surface area contributed by atoms with Crippen LogP contribution >= 0.6 is 11.8 Å². The molecule has 0 unspecified atom stereocenters. The number of carbonyl (C=O) groups is 2. The first-order valence-corrected chi connectivity index (χ1v) is 18.3. The Morgan fingerprint density at radius 3 is 2.24 bits per heavy atom. The molecule has 1 N–H and O–H groups in total. The van der Waals surface area contributed by atoms with Crippen molar-refractivity contribution in [3.05, 3.63) is 94.6 Å². The number of ether oxygens (including phenoxy) is 3. The van der Waals surface area contributed by atoms with Gasteiger partial charge < -0.3 is 19.5 Å². The van der Waals surface area contributed by atoms with Gasteiger partial charge in [-0.1, -0.05) is 44.2 Å². The Kier molecular flexibility index (Phi) is 12.2. The average Bonchev–Trinajstić information content (AvgIpc) is 3.07. The Morgan fingerprint density at radius 1 is 0.959 bits per heavy atom. The molecule has 1 heterocycles. The molecule has 1 amide bonds. The van der Waals surface area contributed by atoms with Gasteiger partial charge in [-0.2, -0.15) is 11.8 Å². The van der Waals surface area contributed by atoms with E-state index in [1.165, 1.54) is 19.2 Å². The molecule has 10 heteroatoms. The van der Waals surface area contributed by atoms with Crippen LogP contribution in [0.15, 0.2) is 60.7 Å². The van der Waals surface area contributed by atoms with E-state index in [9.17, 15) is 18.4 Å². The lowest BCUT2D eigenvalue weighted by molar-refractivity contribution is -0.312. The fraction of sp³-hybridized carbons (Fsp3) is 0.487. The monoisotopic (exact) mass is 694 g/mol. The summed E-state index contributed by atoms with van der Waals surface area (Å²) in [6.07, 6.45) is 5.45. The number of rotatable bonds is 12. The molecule has 49 heavy (non-hydrogen) atoms. The summed E-state index contributed by atoms with van der Waals surface area (Å²) in [6, 6.07) is 16.6. The number of halogens is 2. The number of carbonyl (C=O) groups excluding carboxylic acids is 2. The third kappa shape index (κ3) is 9.48. The van der Waals surface area contributed by atoms with Crippen molar-refractivity contribution in [3.8, 4) is 11.1 Å². The molecule has 5 rings (SSSR count). The number of hydrogen-bond donors (Lipinski definition) is 1. The quantitative estimate of drug-likeness (QED) is 0.195. The van der Waals surface area contributed by atoms with Crippen LogP contribution in [0, 0.1) is 24.0 Å². The van der Waals surface area contributed by atoms with E-state index in [1.807, 2.05) is 49.6 Å². The second kappa shape index (κ2) is 16.1. The van der Waals surface area contributed by atoms with Crippen molar-refractivity contribution in [1.29, 1.82) is 0 Å². The van der Waals surface area contributed by atoms with Crippen molar-refractivity contribution in [3.63, 3.8) is 0 Å². The third-order valence-electron chi connectivity index (χ3n) is 9.54. The minimum absolute atomic E-state index is 0.0255. The Hall–Kier alpha value is -3.31. The molecule has 1 aliphatic carbocycles. The van der Waals surface area contributed by atoms with Crippen LogP contribution in [-0.2, 0) is 32.1 Å². The number of esters is 1. The molecule has 0 bridgehead atoms. The van der Waals surface area contributed by atoms with Gasteiger partial charge in [0, 0.05) is 49.0 Å². The molecule has 1 saturated heterocycles. The van der Waals surface area contributed by atoms with Crippen molar-refractivity contribution < 1.29 is 32.6 Å². The van der Waals surface area contributed by atoms with Gasteiger partial charge >= 0.3 is 5.97 Å². The smallest absolute Gasteiger partial charge is 0.328 e. The highest BCUT2D eigenvalue weighted by molar-refractivity contribution is 7.98. The third-order valence-corrected chi connectivity index (χ3v) is 10.2. The Labute approximate surface area is 293 Å². The molecular weight excluding hydrogens is 647 g/mol. The van der Waals surface area contributed by atoms with E-state index in [0.29, 0.717) is 49.6 Å². The van der Waals surface area contributed by atoms with Crippen LogP contribution in [0.1, 0.15) is 73.0 Å². The Morgan fingerprint density at radius 2 is 1.61 bits per heavy atom. The average molecular weight is 695 g/mol. The van der Waals surface area contributed by atoms with E-state index >= 15 is 0 Å². The Balaban J connectivity index is 1.45. The normalized spacial score (nSPS) is 18.0. The van der Waals surface area contributed by atoms with E-state index < -0.39 is 29.4 Å². The first-order chi connectivity index (χ1) is 23.4. The number of aryl methyl sites for hydroxylation is 1. The number of nitrogens with zero attached hydrogens (tertiary/aromatic N) is 1. The number of nitrogens with one attached hydrogen (secondary N) is 1. The van der Waals surface area contributed by atoms with E-state index in [4.69, 9.17) is 14.2 Å². The number of benzene rings is 3. The highest BCUT2D eigenvalue weighted by Crippen LogP contribution is 2.41. The van der Waals surface area contributed by atoms with Crippen LogP contribution in [-0.4, -0.2) is 67.0 Å². The summed E-state index contributed by atoms with van der Waals surface area (Å²) in [5, 5.41) is 2.90. The number of hydrogen-bond acceptors (Lipinski definition) is 7. The fourth-order valence-corrected chi connectivity index (χ4v) is 7.24. The highest BCUT2D eigenvalue weighted by atomic mass is 32.2. The summed E-state index contributed by atoms with van der Waals surface area (Å²) < 4.78 is 46.2. The predicted octanol–water partition coefficient (Wildman–Crippen LogP) is 7.68. The number of amides is 1. The molecule has 0 radical (unpaired) electrons. The van der Waals surface area contributed by atoms with Crippen molar-refractivity contribution in [2.24, 2.45) is 5.41 Å². The molecule has 0 aromatic heterocycles. The molecule has 1 saturated carbocycles. The van der Waals surface area contributed by atoms with Gasteiger partial charge in [-0.15, -0.1) is 0 Å². The van der Waals surface area contributed by atoms with Gasteiger partial charge in [0.15, 0.2) is 5.79 Å². The van der Waals surface area contributed by atoms with Gasteiger partial charge in [-0.3, -0.25) is 9.69 Å². The van der Waals surface area contributed by atoms with Gasteiger partial charge in [0.05, 0.1) is 20.3 Å². The van der Waals surface area contributed by atoms with E-state index in [1.54, 1.807) is 17.8 Å². The number of methoxy groups -OCH3 is 1. The van der Waals surface area contributed by atoms with Gasteiger partial charge in [0.1, 0.15) is 17.7 Å². The van der Waals surface area contributed by atoms with E-state index in [-0.39, 0.29) is 17.4 Å². The van der Waals surface area contributed by atoms with Crippen LogP contribution < -0.4 is 5.32 Å². The maximum atomic E-state index is 14.3. The summed E-state index contributed by atoms with van der Waals surface area (Å²) in [6.45, 7) is 8.39. The van der Waals surface area contributed by atoms with Crippen LogP contribution in [0.2, 0.25) is 0 Å². The molecule has 3 aromatic carbocycles. The van der Waals surface area contributed by atoms with Crippen molar-refractivity contribution in [1.82, 2.24) is 10.2 Å². The molecule has 1 atom stereocenters. The molecule has 1 spiro atoms. The van der Waals surface area contributed by atoms with Crippen molar-refractivity contribution >= 4 is 23.6 Å². The minimum Gasteiger partial charge on any atom is -0.467 e. The molecule has 3 aromatic rings. The molecule has 2 aliphatic rings. The largest absolute Gasteiger partial charge is 0.467 e. The standard InChI is InChI=1S/C39H48F2N2O5S/c1-26-8-6-7-9-32(26)34-20-27(10-11-33(34)36(44)42-35(14-17-49-5)37(45)46-4)22-43(23-28-18-29(40)21-30(41)19-28)31-12-15-39(16-13-31)47-24-38(2,3)25-48-39/h6-11,18-21,31,35H,12-17,22-25H2,1-5H3,(H,42,44)/t35-/m0/s1. The highest BCUT2D eigenvalue weighted by Gasteiger charge is 2.44. The van der Waals surface area contributed by atoms with Gasteiger partial charge in [-0.25, -0.2) is 13.6 Å². The van der Waals surface area contributed by atoms with Crippen molar-refractivity contribution in [2.45, 2.75) is 83.8 Å². The maximum absolute atomic E-state index is 14.3. The lowest BCUT2D eigenvalue weighted by Gasteiger charge is -2.48. The minimum atomic E-state index is -0.769. The molecule has 2 fully saturated rings. The summed E-state index contributed by atoms with van der Waals surface area (Å²) >= 11 is 1.59. The summed E-state index contributed by atoms with van der Waals surface area (Å²) in [7, 11) is 1.32. The predicted molar refractivity (Wildman–Crippen MR) is 189 cm³/mol. The van der Waals surface area contributed by atoms with E-state index in [0.717, 1.165) is 54.0 Å². The second-order valence-corrected chi connectivity index (χ2v) is 15.1. The zero-order valence-electron chi connectivity index (χ0n) is 29.2. The van der Waals surface area contributed by atoms with Crippen LogP contribution in [0.3, 0.4) is 0 Å². The molecule has 264 valence electrons. The van der Waals surface area contributed by atoms with Gasteiger partial charge in [0.25, 0.3) is 5.91 Å². The lowest BCUT2D eigenvalue weighted by Crippen LogP contribution is -2.51. The second-order valence-electron chi connectivity index (χ2n) is 14.1. The first-order valence-electron chi connectivity index (χ1n) is 16.9. The SMILES string of the molecule is COC(=O)[C@H](CCSC)NC(=O)c1ccc(CN(Cc2cc(F)cc(F)c2)C2CCC3(CC2)OCC(C)(C)CO3)cc1-c1ccccc1C.